The second-order valence-corrected chi connectivity index (χ2v) is 8.85. The third-order valence-corrected chi connectivity index (χ3v) is 5.83. The quantitative estimate of drug-likeness (QED) is 0.301. The fraction of sp³-hybridized carbons (Fsp3) is 0.241. The van der Waals surface area contributed by atoms with Gasteiger partial charge in [-0.2, -0.15) is 0 Å². The van der Waals surface area contributed by atoms with Crippen molar-refractivity contribution in [2.75, 3.05) is 0 Å². The van der Waals surface area contributed by atoms with Gasteiger partial charge >= 0.3 is 0 Å². The van der Waals surface area contributed by atoms with Crippen LogP contribution in [-0.4, -0.2) is 41.8 Å². The van der Waals surface area contributed by atoms with Crippen LogP contribution in [0.25, 0.3) is 0 Å². The molecule has 0 aliphatic heterocycles. The highest BCUT2D eigenvalue weighted by Gasteiger charge is 2.29. The van der Waals surface area contributed by atoms with E-state index in [1.807, 2.05) is 91.0 Å². The van der Waals surface area contributed by atoms with Crippen molar-refractivity contribution in [1.29, 1.82) is 0 Å². The Kier molecular flexibility index (Phi) is 9.96. The van der Waals surface area contributed by atoms with Crippen LogP contribution < -0.4 is 21.7 Å². The lowest BCUT2D eigenvalue weighted by atomic mass is 10.0. The zero-order chi connectivity index (χ0) is 26.6. The highest BCUT2D eigenvalue weighted by atomic mass is 16.2. The molecule has 0 aromatic heterocycles. The minimum atomic E-state index is -1.00. The number of primary amides is 1. The van der Waals surface area contributed by atoms with Crippen LogP contribution in [-0.2, 0) is 38.4 Å². The van der Waals surface area contributed by atoms with Gasteiger partial charge in [0.05, 0.1) is 0 Å². The van der Waals surface area contributed by atoms with Crippen LogP contribution in [0.2, 0.25) is 0 Å². The predicted octanol–water partition coefficient (Wildman–Crippen LogP) is 1.67. The van der Waals surface area contributed by atoms with E-state index in [-0.39, 0.29) is 25.2 Å². The lowest BCUT2D eigenvalue weighted by Gasteiger charge is -2.25. The summed E-state index contributed by atoms with van der Waals surface area (Å²) < 4.78 is 0. The Morgan fingerprint density at radius 1 is 0.568 bits per heavy atom. The molecule has 0 bridgehead atoms. The Bertz CT molecular complexity index is 1190. The maximum atomic E-state index is 13.4. The van der Waals surface area contributed by atoms with Gasteiger partial charge in [-0.1, -0.05) is 91.0 Å². The van der Waals surface area contributed by atoms with Crippen molar-refractivity contribution in [3.63, 3.8) is 0 Å². The first kappa shape index (κ1) is 27.1. The van der Waals surface area contributed by atoms with Gasteiger partial charge in [-0.05, 0) is 16.7 Å². The minimum Gasteiger partial charge on any atom is -0.368 e. The molecule has 8 heteroatoms. The number of benzene rings is 3. The van der Waals surface area contributed by atoms with E-state index in [0.717, 1.165) is 16.7 Å². The van der Waals surface area contributed by atoms with Gasteiger partial charge in [0.25, 0.3) is 0 Å². The largest absolute Gasteiger partial charge is 0.368 e. The molecule has 0 unspecified atom stereocenters. The summed E-state index contributed by atoms with van der Waals surface area (Å²) in [6, 6.07) is 24.9. The fourth-order valence-corrected chi connectivity index (χ4v) is 3.98. The summed E-state index contributed by atoms with van der Waals surface area (Å²) in [5.74, 6) is -2.09. The van der Waals surface area contributed by atoms with Crippen LogP contribution in [0.1, 0.15) is 23.6 Å². The number of carbonyl (C=O) groups is 4. The molecule has 3 aromatic rings. The highest BCUT2D eigenvalue weighted by molar-refractivity contribution is 5.94. The molecule has 3 atom stereocenters. The maximum absolute atomic E-state index is 13.4. The molecule has 192 valence electrons. The van der Waals surface area contributed by atoms with Crippen molar-refractivity contribution >= 4 is 23.6 Å². The van der Waals surface area contributed by atoms with E-state index in [9.17, 15) is 19.2 Å². The van der Waals surface area contributed by atoms with Crippen molar-refractivity contribution in [2.45, 2.75) is 44.3 Å². The average molecular weight is 501 g/mol. The van der Waals surface area contributed by atoms with Crippen LogP contribution in [0.5, 0.6) is 0 Å². The Labute approximate surface area is 216 Å². The van der Waals surface area contributed by atoms with Crippen molar-refractivity contribution in [1.82, 2.24) is 16.0 Å². The number of rotatable bonds is 12. The number of nitrogens with one attached hydrogen (secondary N) is 3. The van der Waals surface area contributed by atoms with Crippen LogP contribution >= 0.6 is 0 Å². The lowest BCUT2D eigenvalue weighted by molar-refractivity contribution is -0.133. The molecule has 0 radical (unpaired) electrons. The van der Waals surface area contributed by atoms with Gasteiger partial charge in [-0.25, -0.2) is 0 Å². The van der Waals surface area contributed by atoms with Gasteiger partial charge in [-0.3, -0.25) is 19.2 Å². The van der Waals surface area contributed by atoms with Crippen molar-refractivity contribution in [3.05, 3.63) is 108 Å². The third-order valence-electron chi connectivity index (χ3n) is 5.83. The molecule has 3 aromatic carbocycles. The summed E-state index contributed by atoms with van der Waals surface area (Å²) in [5, 5.41) is 8.16. The number of hydrogen-bond donors (Lipinski definition) is 4. The molecular formula is C29H32N4O4. The first-order valence-electron chi connectivity index (χ1n) is 12.1. The van der Waals surface area contributed by atoms with Gasteiger partial charge in [-0.15, -0.1) is 0 Å². The summed E-state index contributed by atoms with van der Waals surface area (Å²) in [6.45, 7) is 1.33. The average Bonchev–Trinajstić information content (AvgIpc) is 2.89. The molecule has 3 rings (SSSR count). The fourth-order valence-electron chi connectivity index (χ4n) is 3.98. The maximum Gasteiger partial charge on any atom is 0.243 e. The summed E-state index contributed by atoms with van der Waals surface area (Å²) in [7, 11) is 0. The summed E-state index contributed by atoms with van der Waals surface area (Å²) in [5.41, 5.74) is 8.10. The van der Waals surface area contributed by atoms with E-state index < -0.39 is 35.8 Å². The molecule has 0 saturated heterocycles. The molecule has 0 saturated carbocycles. The van der Waals surface area contributed by atoms with Crippen molar-refractivity contribution < 1.29 is 19.2 Å². The molecule has 0 aliphatic rings. The molecule has 0 fully saturated rings. The van der Waals surface area contributed by atoms with E-state index in [1.54, 1.807) is 0 Å². The second-order valence-electron chi connectivity index (χ2n) is 8.85. The molecule has 0 heterocycles. The van der Waals surface area contributed by atoms with Crippen molar-refractivity contribution in [2.24, 2.45) is 5.73 Å². The van der Waals surface area contributed by atoms with E-state index in [4.69, 9.17) is 5.73 Å². The Morgan fingerprint density at radius 2 is 0.892 bits per heavy atom. The van der Waals surface area contributed by atoms with Gasteiger partial charge in [0.1, 0.15) is 18.1 Å². The predicted molar refractivity (Wildman–Crippen MR) is 141 cm³/mol. The monoisotopic (exact) mass is 500 g/mol. The SMILES string of the molecule is CC(=O)N[C@H](Cc1ccccc1)C(=O)N[C@H](Cc1ccccc1)C(=O)N[C@H](Cc1ccccc1)C(N)=O. The van der Waals surface area contributed by atoms with Crippen LogP contribution in [0.15, 0.2) is 91.0 Å². The van der Waals surface area contributed by atoms with E-state index in [2.05, 4.69) is 16.0 Å². The number of hydrogen-bond acceptors (Lipinski definition) is 4. The van der Waals surface area contributed by atoms with Gasteiger partial charge in [0.15, 0.2) is 0 Å². The third kappa shape index (κ3) is 8.92. The van der Waals surface area contributed by atoms with Crippen LogP contribution in [0.3, 0.4) is 0 Å². The lowest BCUT2D eigenvalue weighted by Crippen LogP contribution is -2.57. The zero-order valence-corrected chi connectivity index (χ0v) is 20.7. The molecule has 5 N–H and O–H groups in total. The standard InChI is InChI=1S/C29H32N4O4/c1-20(34)31-25(18-22-13-7-3-8-14-22)28(36)33-26(19-23-15-9-4-10-16-23)29(37)32-24(27(30)35)17-21-11-5-2-6-12-21/h2-16,24-26H,17-19H2,1H3,(H2,30,35)(H,31,34)(H,32,37)(H,33,36)/t24-,25-,26-/m1/s1. The molecule has 0 spiro atoms. The summed E-state index contributed by atoms with van der Waals surface area (Å²) in [6.07, 6.45) is 0.660. The van der Waals surface area contributed by atoms with Crippen molar-refractivity contribution in [3.8, 4) is 0 Å². The molecule has 8 nitrogen and oxygen atoms in total. The summed E-state index contributed by atoms with van der Waals surface area (Å²) >= 11 is 0. The first-order chi connectivity index (χ1) is 17.8. The Balaban J connectivity index is 1.79. The normalized spacial score (nSPS) is 13.0. The Hall–Kier alpha value is -4.46. The smallest absolute Gasteiger partial charge is 0.243 e. The number of nitrogens with two attached hydrogens (primary N) is 1. The number of carbonyl (C=O) groups excluding carboxylic acids is 4. The van der Waals surface area contributed by atoms with E-state index in [1.165, 1.54) is 6.92 Å². The topological polar surface area (TPSA) is 130 Å². The van der Waals surface area contributed by atoms with Crippen LogP contribution in [0.4, 0.5) is 0 Å². The molecule has 0 aliphatic carbocycles. The molecular weight excluding hydrogens is 468 g/mol. The summed E-state index contributed by atoms with van der Waals surface area (Å²) in [4.78, 5) is 50.7. The van der Waals surface area contributed by atoms with E-state index in [0.29, 0.717) is 0 Å². The van der Waals surface area contributed by atoms with Crippen LogP contribution in [0, 0.1) is 0 Å². The minimum absolute atomic E-state index is 0.188. The second kappa shape index (κ2) is 13.6. The first-order valence-corrected chi connectivity index (χ1v) is 12.1. The molecule has 37 heavy (non-hydrogen) atoms. The zero-order valence-electron chi connectivity index (χ0n) is 20.7. The Morgan fingerprint density at radius 3 is 1.24 bits per heavy atom. The van der Waals surface area contributed by atoms with Gasteiger partial charge in [0.2, 0.25) is 23.6 Å². The number of amides is 4. The van der Waals surface area contributed by atoms with Gasteiger partial charge < -0.3 is 21.7 Å². The van der Waals surface area contributed by atoms with Gasteiger partial charge in [0, 0.05) is 26.2 Å². The molecule has 4 amide bonds. The van der Waals surface area contributed by atoms with E-state index >= 15 is 0 Å². The highest BCUT2D eigenvalue weighted by Crippen LogP contribution is 2.09.